The van der Waals surface area contributed by atoms with Gasteiger partial charge in [-0.05, 0) is 59.5 Å². The van der Waals surface area contributed by atoms with Gasteiger partial charge in [-0.3, -0.25) is 9.69 Å². The van der Waals surface area contributed by atoms with Gasteiger partial charge in [0.25, 0.3) is 5.56 Å². The van der Waals surface area contributed by atoms with Crippen molar-refractivity contribution in [3.05, 3.63) is 81.9 Å². The van der Waals surface area contributed by atoms with Crippen LogP contribution in [-0.4, -0.2) is 37.2 Å². The van der Waals surface area contributed by atoms with E-state index in [0.717, 1.165) is 41.7 Å². The lowest BCUT2D eigenvalue weighted by Crippen LogP contribution is -2.33. The molecule has 1 aliphatic carbocycles. The summed E-state index contributed by atoms with van der Waals surface area (Å²) in [6.07, 6.45) is 6.76. The molecule has 1 saturated carbocycles. The maximum atomic E-state index is 13.1. The van der Waals surface area contributed by atoms with Crippen molar-refractivity contribution in [2.45, 2.75) is 70.6 Å². The number of benzene rings is 2. The molecular weight excluding hydrogens is 452 g/mol. The summed E-state index contributed by atoms with van der Waals surface area (Å²) in [7, 11) is 1.65. The smallest absolute Gasteiger partial charge is 0.252 e. The third-order valence-corrected chi connectivity index (χ3v) is 7.29. The highest BCUT2D eigenvalue weighted by atomic mass is 16.5. The van der Waals surface area contributed by atoms with Crippen LogP contribution in [0.5, 0.6) is 5.75 Å². The zero-order valence-electron chi connectivity index (χ0n) is 21.1. The van der Waals surface area contributed by atoms with Crippen LogP contribution in [-0.2, 0) is 13.1 Å². The van der Waals surface area contributed by atoms with Gasteiger partial charge in [-0.25, -0.2) is 4.68 Å². The van der Waals surface area contributed by atoms with Crippen LogP contribution in [0.4, 0.5) is 0 Å². The number of nitrogens with one attached hydrogen (secondary N) is 1. The Morgan fingerprint density at radius 1 is 1.08 bits per heavy atom. The Balaban J connectivity index is 1.52. The second kappa shape index (κ2) is 11.0. The number of methoxy groups -OCH3 is 1. The van der Waals surface area contributed by atoms with Crippen LogP contribution in [0.2, 0.25) is 0 Å². The third kappa shape index (κ3) is 5.18. The van der Waals surface area contributed by atoms with Crippen LogP contribution in [0.3, 0.4) is 0 Å². The fourth-order valence-corrected chi connectivity index (χ4v) is 5.40. The first-order valence-electron chi connectivity index (χ1n) is 12.9. The van der Waals surface area contributed by atoms with E-state index >= 15 is 0 Å². The van der Waals surface area contributed by atoms with Crippen LogP contribution in [0.1, 0.15) is 74.5 Å². The molecule has 0 radical (unpaired) electrons. The first kappa shape index (κ1) is 24.2. The van der Waals surface area contributed by atoms with Gasteiger partial charge in [0.05, 0.1) is 19.2 Å². The molecule has 0 aliphatic heterocycles. The highest BCUT2D eigenvalue weighted by Gasteiger charge is 2.29. The normalized spacial score (nSPS) is 15.4. The zero-order valence-corrected chi connectivity index (χ0v) is 21.1. The number of H-pyrrole nitrogens is 1. The summed E-state index contributed by atoms with van der Waals surface area (Å²) in [5, 5.41) is 14.0. The average molecular weight is 487 g/mol. The minimum atomic E-state index is -0.0764. The zero-order chi connectivity index (χ0) is 24.9. The molecule has 188 valence electrons. The second-order valence-electron chi connectivity index (χ2n) is 9.66. The van der Waals surface area contributed by atoms with Crippen LogP contribution in [0.25, 0.3) is 10.9 Å². The van der Waals surface area contributed by atoms with Crippen molar-refractivity contribution in [3.8, 4) is 5.75 Å². The van der Waals surface area contributed by atoms with Crippen molar-refractivity contribution >= 4 is 10.9 Å². The monoisotopic (exact) mass is 486 g/mol. The molecule has 8 nitrogen and oxygen atoms in total. The minimum Gasteiger partial charge on any atom is -0.497 e. The third-order valence-electron chi connectivity index (χ3n) is 7.29. The van der Waals surface area contributed by atoms with Gasteiger partial charge in [-0.15, -0.1) is 5.10 Å². The van der Waals surface area contributed by atoms with E-state index in [9.17, 15) is 4.79 Å². The molecular formula is C28H34N6O2. The van der Waals surface area contributed by atoms with E-state index in [1.54, 1.807) is 7.11 Å². The number of tetrazole rings is 1. The van der Waals surface area contributed by atoms with E-state index in [1.807, 2.05) is 30.3 Å². The number of aromatic nitrogens is 5. The quantitative estimate of drug-likeness (QED) is 0.351. The number of hydrogen-bond acceptors (Lipinski definition) is 6. The average Bonchev–Trinajstić information content (AvgIpc) is 3.40. The van der Waals surface area contributed by atoms with Gasteiger partial charge in [0.1, 0.15) is 5.75 Å². The molecule has 2 aromatic carbocycles. The van der Waals surface area contributed by atoms with Crippen molar-refractivity contribution in [3.63, 3.8) is 0 Å². The Bertz CT molecular complexity index is 1340. The predicted octanol–water partition coefficient (Wildman–Crippen LogP) is 5.18. The first-order valence-corrected chi connectivity index (χ1v) is 12.9. The molecule has 0 unspecified atom stereocenters. The Morgan fingerprint density at radius 2 is 1.89 bits per heavy atom. The van der Waals surface area contributed by atoms with Crippen molar-refractivity contribution in [2.75, 3.05) is 7.11 Å². The standard InChI is InChI=1S/C28H34N6O2/c1-3-26(27-30-31-32-34(27)23-12-8-5-9-13-23)33(18-20-10-6-4-7-11-20)19-22-16-21-17-24(36-2)14-15-25(21)29-28(22)35/h4,6-7,10-11,14-17,23,26H,3,5,8-9,12-13,18-19H2,1-2H3,(H,29,35)/t26-/m1/s1. The minimum absolute atomic E-state index is 0.0254. The Hall–Kier alpha value is -3.52. The molecule has 1 N–H and O–H groups in total. The molecule has 4 aromatic rings. The van der Waals surface area contributed by atoms with Crippen LogP contribution in [0.15, 0.2) is 59.4 Å². The van der Waals surface area contributed by atoms with E-state index in [0.29, 0.717) is 24.7 Å². The molecule has 1 atom stereocenters. The van der Waals surface area contributed by atoms with Crippen LogP contribution >= 0.6 is 0 Å². The van der Waals surface area contributed by atoms with Crippen molar-refractivity contribution < 1.29 is 4.74 Å². The number of hydrogen-bond donors (Lipinski definition) is 1. The highest BCUT2D eigenvalue weighted by molar-refractivity contribution is 5.80. The number of ether oxygens (including phenoxy) is 1. The summed E-state index contributed by atoms with van der Waals surface area (Å²) in [5.41, 5.74) is 2.62. The summed E-state index contributed by atoms with van der Waals surface area (Å²) in [5.74, 6) is 1.65. The maximum Gasteiger partial charge on any atom is 0.252 e. The molecule has 0 spiro atoms. The van der Waals surface area contributed by atoms with Gasteiger partial charge in [0, 0.05) is 29.6 Å². The van der Waals surface area contributed by atoms with Crippen molar-refractivity contribution in [1.29, 1.82) is 0 Å². The summed E-state index contributed by atoms with van der Waals surface area (Å²) in [6, 6.07) is 18.4. The fourth-order valence-electron chi connectivity index (χ4n) is 5.40. The predicted molar refractivity (Wildman–Crippen MR) is 140 cm³/mol. The SMILES string of the molecule is CC[C@H](c1nnnn1C1CCCCC1)N(Cc1ccccc1)Cc1cc2cc(OC)ccc2[nH]c1=O. The number of pyridine rings is 1. The lowest BCUT2D eigenvalue weighted by Gasteiger charge is -2.32. The lowest BCUT2D eigenvalue weighted by molar-refractivity contribution is 0.155. The molecule has 2 aromatic heterocycles. The van der Waals surface area contributed by atoms with E-state index < -0.39 is 0 Å². The number of rotatable bonds is 9. The van der Waals surface area contributed by atoms with Gasteiger partial charge in [0.2, 0.25) is 0 Å². The largest absolute Gasteiger partial charge is 0.497 e. The molecule has 36 heavy (non-hydrogen) atoms. The lowest BCUT2D eigenvalue weighted by atomic mass is 9.95. The molecule has 0 saturated heterocycles. The molecule has 0 amide bonds. The number of aromatic amines is 1. The summed E-state index contributed by atoms with van der Waals surface area (Å²) in [4.78, 5) is 18.5. The molecule has 1 aliphatic rings. The highest BCUT2D eigenvalue weighted by Crippen LogP contribution is 2.32. The van der Waals surface area contributed by atoms with Crippen LogP contribution in [0, 0.1) is 0 Å². The fraction of sp³-hybridized carbons (Fsp3) is 0.429. The molecule has 5 rings (SSSR count). The summed E-state index contributed by atoms with van der Waals surface area (Å²) < 4.78 is 7.46. The van der Waals surface area contributed by atoms with Gasteiger partial charge in [-0.1, -0.05) is 56.5 Å². The second-order valence-corrected chi connectivity index (χ2v) is 9.66. The molecule has 8 heteroatoms. The first-order chi connectivity index (χ1) is 17.7. The number of fused-ring (bicyclic) bond motifs is 1. The summed E-state index contributed by atoms with van der Waals surface area (Å²) >= 11 is 0. The Morgan fingerprint density at radius 3 is 2.64 bits per heavy atom. The van der Waals surface area contributed by atoms with E-state index in [2.05, 4.69) is 61.3 Å². The van der Waals surface area contributed by atoms with Gasteiger partial charge < -0.3 is 9.72 Å². The topological polar surface area (TPSA) is 88.9 Å². The Labute approximate surface area is 211 Å². The van der Waals surface area contributed by atoms with E-state index in [-0.39, 0.29) is 11.6 Å². The van der Waals surface area contributed by atoms with Crippen molar-refractivity contribution in [2.24, 2.45) is 0 Å². The maximum absolute atomic E-state index is 13.1. The van der Waals surface area contributed by atoms with Crippen molar-refractivity contribution in [1.82, 2.24) is 30.1 Å². The van der Waals surface area contributed by atoms with Crippen LogP contribution < -0.4 is 10.3 Å². The summed E-state index contributed by atoms with van der Waals surface area (Å²) in [6.45, 7) is 3.33. The van der Waals surface area contributed by atoms with E-state index in [1.165, 1.54) is 24.8 Å². The number of nitrogens with zero attached hydrogens (tertiary/aromatic N) is 5. The van der Waals surface area contributed by atoms with Gasteiger partial charge >= 0.3 is 0 Å². The molecule has 2 heterocycles. The van der Waals surface area contributed by atoms with E-state index in [4.69, 9.17) is 4.74 Å². The van der Waals surface area contributed by atoms with Gasteiger partial charge in [-0.2, -0.15) is 0 Å². The molecule has 0 bridgehead atoms. The van der Waals surface area contributed by atoms with Gasteiger partial charge in [0.15, 0.2) is 5.82 Å². The Kier molecular flexibility index (Phi) is 7.41. The molecule has 1 fully saturated rings.